The van der Waals surface area contributed by atoms with E-state index in [0.29, 0.717) is 6.54 Å². The van der Waals surface area contributed by atoms with E-state index in [1.807, 2.05) is 31.6 Å². The molecule has 86 valence electrons. The maximum absolute atomic E-state index is 8.80. The zero-order valence-corrected chi connectivity index (χ0v) is 9.50. The van der Waals surface area contributed by atoms with Gasteiger partial charge in [-0.1, -0.05) is 12.1 Å². The topological polar surface area (TPSA) is 41.3 Å². The highest BCUT2D eigenvalue weighted by Gasteiger charge is 2.02. The fourth-order valence-electron chi connectivity index (χ4n) is 1.75. The number of rotatable bonds is 5. The molecule has 0 aliphatic carbocycles. The second-order valence-corrected chi connectivity index (χ2v) is 3.95. The molecule has 0 unspecified atom stereocenters. The molecule has 1 N–H and O–H groups in total. The molecule has 0 amide bonds. The zero-order chi connectivity index (χ0) is 11.4. The van der Waals surface area contributed by atoms with E-state index < -0.39 is 0 Å². The third-order valence-corrected chi connectivity index (χ3v) is 2.73. The molecule has 4 nitrogen and oxygen atoms in total. The summed E-state index contributed by atoms with van der Waals surface area (Å²) in [5.41, 5.74) is 2.20. The minimum atomic E-state index is 0.210. The van der Waals surface area contributed by atoms with E-state index in [2.05, 4.69) is 20.5 Å². The predicted molar refractivity (Wildman–Crippen MR) is 64.3 cm³/mol. The second-order valence-electron chi connectivity index (χ2n) is 3.95. The van der Waals surface area contributed by atoms with Crippen LogP contribution >= 0.6 is 0 Å². The number of aromatic nitrogens is 2. The Morgan fingerprint density at radius 3 is 2.94 bits per heavy atom. The number of nitrogens with zero attached hydrogens (tertiary/aromatic N) is 3. The summed E-state index contributed by atoms with van der Waals surface area (Å²) in [6.07, 6.45) is 1.87. The molecular weight excluding hydrogens is 202 g/mol. The Labute approximate surface area is 95.1 Å². The molecule has 0 atom stereocenters. The van der Waals surface area contributed by atoms with Crippen LogP contribution in [0.15, 0.2) is 30.6 Å². The van der Waals surface area contributed by atoms with Gasteiger partial charge in [-0.25, -0.2) is 4.98 Å². The van der Waals surface area contributed by atoms with Crippen LogP contribution in [0.5, 0.6) is 0 Å². The highest BCUT2D eigenvalue weighted by Crippen LogP contribution is 2.11. The Balaban J connectivity index is 2.04. The molecule has 0 aliphatic heterocycles. The fraction of sp³-hybridized carbons (Fsp3) is 0.417. The number of aliphatic hydroxyl groups excluding tert-OH is 1. The van der Waals surface area contributed by atoms with Crippen LogP contribution in [0.2, 0.25) is 0 Å². The predicted octanol–water partition coefficient (Wildman–Crippen LogP) is 0.960. The van der Waals surface area contributed by atoms with Crippen LogP contribution < -0.4 is 0 Å². The van der Waals surface area contributed by atoms with Crippen molar-refractivity contribution in [3.63, 3.8) is 0 Å². The fourth-order valence-corrected chi connectivity index (χ4v) is 1.75. The molecule has 0 bridgehead atoms. The first-order chi connectivity index (χ1) is 7.81. The summed E-state index contributed by atoms with van der Waals surface area (Å²) in [4.78, 5) is 6.44. The van der Waals surface area contributed by atoms with Gasteiger partial charge in [-0.3, -0.25) is 0 Å². The maximum atomic E-state index is 8.80. The van der Waals surface area contributed by atoms with Crippen molar-refractivity contribution in [1.29, 1.82) is 0 Å². The van der Waals surface area contributed by atoms with E-state index >= 15 is 0 Å². The molecule has 2 rings (SSSR count). The zero-order valence-electron chi connectivity index (χ0n) is 9.50. The third-order valence-electron chi connectivity index (χ3n) is 2.73. The van der Waals surface area contributed by atoms with E-state index in [-0.39, 0.29) is 6.61 Å². The first kappa shape index (κ1) is 11.1. The lowest BCUT2D eigenvalue weighted by Crippen LogP contribution is -2.26. The standard InChI is InChI=1S/C12H17N3O/c1-14(8-9-16)6-7-15-10-13-11-4-2-3-5-12(11)15/h2-5,10,16H,6-9H2,1H3. The molecule has 1 aromatic carbocycles. The van der Waals surface area contributed by atoms with Crippen molar-refractivity contribution >= 4 is 11.0 Å². The van der Waals surface area contributed by atoms with Crippen molar-refractivity contribution in [3.8, 4) is 0 Å². The van der Waals surface area contributed by atoms with Gasteiger partial charge >= 0.3 is 0 Å². The Morgan fingerprint density at radius 1 is 1.31 bits per heavy atom. The number of para-hydroxylation sites is 2. The van der Waals surface area contributed by atoms with Crippen molar-refractivity contribution in [2.45, 2.75) is 6.54 Å². The van der Waals surface area contributed by atoms with E-state index in [9.17, 15) is 0 Å². The van der Waals surface area contributed by atoms with Gasteiger partial charge < -0.3 is 14.6 Å². The number of hydrogen-bond acceptors (Lipinski definition) is 3. The summed E-state index contributed by atoms with van der Waals surface area (Å²) in [6.45, 7) is 2.74. The Bertz CT molecular complexity index is 452. The van der Waals surface area contributed by atoms with Crippen LogP contribution in [0.25, 0.3) is 11.0 Å². The monoisotopic (exact) mass is 219 g/mol. The van der Waals surface area contributed by atoms with Crippen molar-refractivity contribution in [3.05, 3.63) is 30.6 Å². The Hall–Kier alpha value is -1.39. The Morgan fingerprint density at radius 2 is 2.12 bits per heavy atom. The van der Waals surface area contributed by atoms with Gasteiger partial charge in [0.1, 0.15) is 0 Å². The number of fused-ring (bicyclic) bond motifs is 1. The smallest absolute Gasteiger partial charge is 0.0958 e. The van der Waals surface area contributed by atoms with Crippen LogP contribution in [0.3, 0.4) is 0 Å². The summed E-state index contributed by atoms with van der Waals surface area (Å²) >= 11 is 0. The van der Waals surface area contributed by atoms with Crippen molar-refractivity contribution < 1.29 is 5.11 Å². The lowest BCUT2D eigenvalue weighted by molar-refractivity contribution is 0.218. The molecule has 0 saturated heterocycles. The largest absolute Gasteiger partial charge is 0.395 e. The molecule has 4 heteroatoms. The van der Waals surface area contributed by atoms with Crippen molar-refractivity contribution in [2.24, 2.45) is 0 Å². The minimum absolute atomic E-state index is 0.210. The molecule has 0 radical (unpaired) electrons. The molecule has 2 aromatic rings. The van der Waals surface area contributed by atoms with Crippen LogP contribution in [0.1, 0.15) is 0 Å². The normalized spacial score (nSPS) is 11.4. The number of benzene rings is 1. The first-order valence-corrected chi connectivity index (χ1v) is 5.50. The molecule has 0 aliphatic rings. The highest BCUT2D eigenvalue weighted by atomic mass is 16.3. The third kappa shape index (κ3) is 2.40. The van der Waals surface area contributed by atoms with E-state index in [4.69, 9.17) is 5.11 Å². The number of likely N-dealkylation sites (N-methyl/N-ethyl adjacent to an activating group) is 1. The quantitative estimate of drug-likeness (QED) is 0.814. The summed E-state index contributed by atoms with van der Waals surface area (Å²) in [7, 11) is 2.01. The molecular formula is C12H17N3O. The van der Waals surface area contributed by atoms with Gasteiger partial charge in [0.25, 0.3) is 0 Å². The van der Waals surface area contributed by atoms with Crippen LogP contribution in [-0.2, 0) is 6.54 Å². The Kier molecular flexibility index (Phi) is 3.54. The molecule has 1 aromatic heterocycles. The van der Waals surface area contributed by atoms with E-state index in [1.54, 1.807) is 0 Å². The maximum Gasteiger partial charge on any atom is 0.0958 e. The van der Waals surface area contributed by atoms with Gasteiger partial charge in [0.2, 0.25) is 0 Å². The summed E-state index contributed by atoms with van der Waals surface area (Å²) in [6, 6.07) is 8.12. The minimum Gasteiger partial charge on any atom is -0.395 e. The average Bonchev–Trinajstić information content (AvgIpc) is 2.70. The van der Waals surface area contributed by atoms with Gasteiger partial charge in [-0.05, 0) is 19.2 Å². The van der Waals surface area contributed by atoms with Crippen LogP contribution in [0.4, 0.5) is 0 Å². The molecule has 1 heterocycles. The first-order valence-electron chi connectivity index (χ1n) is 5.50. The summed E-state index contributed by atoms with van der Waals surface area (Å²) in [5, 5.41) is 8.80. The molecule has 0 spiro atoms. The van der Waals surface area contributed by atoms with Crippen LogP contribution in [-0.4, -0.2) is 46.3 Å². The van der Waals surface area contributed by atoms with Crippen molar-refractivity contribution in [1.82, 2.24) is 14.5 Å². The molecule has 16 heavy (non-hydrogen) atoms. The number of imidazole rings is 1. The molecule has 0 saturated carbocycles. The van der Waals surface area contributed by atoms with Gasteiger partial charge in [0.15, 0.2) is 0 Å². The lowest BCUT2D eigenvalue weighted by atomic mass is 10.3. The second kappa shape index (κ2) is 5.09. The van der Waals surface area contributed by atoms with E-state index in [1.165, 1.54) is 5.52 Å². The number of aliphatic hydroxyl groups is 1. The van der Waals surface area contributed by atoms with Crippen molar-refractivity contribution in [2.75, 3.05) is 26.7 Å². The molecule has 0 fully saturated rings. The number of hydrogen-bond donors (Lipinski definition) is 1. The van der Waals surface area contributed by atoms with Gasteiger partial charge in [0, 0.05) is 19.6 Å². The average molecular weight is 219 g/mol. The summed E-state index contributed by atoms with van der Waals surface area (Å²) < 4.78 is 2.14. The SMILES string of the molecule is CN(CCO)CCn1cnc2ccccc21. The summed E-state index contributed by atoms with van der Waals surface area (Å²) in [5.74, 6) is 0. The van der Waals surface area contributed by atoms with Gasteiger partial charge in [0.05, 0.1) is 24.0 Å². The highest BCUT2D eigenvalue weighted by molar-refractivity contribution is 5.74. The van der Waals surface area contributed by atoms with Crippen LogP contribution in [0, 0.1) is 0 Å². The van der Waals surface area contributed by atoms with Gasteiger partial charge in [-0.2, -0.15) is 0 Å². The lowest BCUT2D eigenvalue weighted by Gasteiger charge is -2.15. The van der Waals surface area contributed by atoms with Gasteiger partial charge in [-0.15, -0.1) is 0 Å². The van der Waals surface area contributed by atoms with E-state index in [0.717, 1.165) is 18.6 Å².